The molecular weight excluding hydrogens is 454 g/mol. The Morgan fingerprint density at radius 3 is 2.86 bits per heavy atom. The molecule has 1 fully saturated rings. The lowest BCUT2D eigenvalue weighted by atomic mass is 9.95. The van der Waals surface area contributed by atoms with Crippen LogP contribution in [0.15, 0.2) is 40.4 Å². The minimum Gasteiger partial charge on any atom is -0.367 e. The van der Waals surface area contributed by atoms with Gasteiger partial charge in [0, 0.05) is 15.9 Å². The number of hydrogen-bond donors (Lipinski definition) is 3. The quantitative estimate of drug-likeness (QED) is 0.290. The summed E-state index contributed by atoms with van der Waals surface area (Å²) in [6.45, 7) is 0. The van der Waals surface area contributed by atoms with Crippen LogP contribution in [0.1, 0.15) is 32.1 Å². The van der Waals surface area contributed by atoms with E-state index >= 15 is 0 Å². The molecule has 1 aliphatic carbocycles. The number of aromatic amines is 2. The number of thiophene rings is 1. The second-order valence-corrected chi connectivity index (χ2v) is 9.42. The average molecular weight is 474 g/mol. The fourth-order valence-electron chi connectivity index (χ4n) is 3.97. The molecule has 8 heteroatoms. The second kappa shape index (κ2) is 7.50. The van der Waals surface area contributed by atoms with Crippen molar-refractivity contribution in [2.24, 2.45) is 0 Å². The van der Waals surface area contributed by atoms with Crippen LogP contribution in [0.5, 0.6) is 0 Å². The Hall–Kier alpha value is -1.90. The first kappa shape index (κ1) is 18.1. The van der Waals surface area contributed by atoms with Gasteiger partial charge in [0.1, 0.15) is 11.5 Å². The SMILES string of the molecule is S=c1[nH]c(NC2CCCCC2)c(-c2cc(Br)cs2)n1-c1ccc2nc[nH]c2c1. The summed E-state index contributed by atoms with van der Waals surface area (Å²) in [6.07, 6.45) is 8.05. The van der Waals surface area contributed by atoms with Crippen molar-refractivity contribution in [3.8, 4) is 16.3 Å². The average Bonchev–Trinajstić information content (AvgIpc) is 3.40. The molecule has 3 heterocycles. The van der Waals surface area contributed by atoms with Crippen LogP contribution in [0.2, 0.25) is 0 Å². The number of rotatable bonds is 4. The summed E-state index contributed by atoms with van der Waals surface area (Å²) in [6, 6.07) is 8.84. The number of H-pyrrole nitrogens is 2. The number of imidazole rings is 2. The van der Waals surface area contributed by atoms with Crippen LogP contribution in [0.4, 0.5) is 5.82 Å². The smallest absolute Gasteiger partial charge is 0.183 e. The molecule has 0 aliphatic heterocycles. The molecular formula is C20H20BrN5S2. The first-order chi connectivity index (χ1) is 13.7. The van der Waals surface area contributed by atoms with Crippen LogP contribution < -0.4 is 5.32 Å². The predicted molar refractivity (Wildman–Crippen MR) is 122 cm³/mol. The van der Waals surface area contributed by atoms with E-state index in [9.17, 15) is 0 Å². The van der Waals surface area contributed by atoms with Crippen molar-refractivity contribution < 1.29 is 0 Å². The molecule has 0 atom stereocenters. The fourth-order valence-corrected chi connectivity index (χ4v) is 5.74. The number of anilines is 1. The number of nitrogens with one attached hydrogen (secondary N) is 3. The van der Waals surface area contributed by atoms with Crippen LogP contribution in [-0.4, -0.2) is 25.6 Å². The van der Waals surface area contributed by atoms with Crippen molar-refractivity contribution in [2.75, 3.05) is 5.32 Å². The molecule has 3 aromatic heterocycles. The minimum atomic E-state index is 0.493. The summed E-state index contributed by atoms with van der Waals surface area (Å²) in [4.78, 5) is 12.1. The topological polar surface area (TPSA) is 61.4 Å². The highest BCUT2D eigenvalue weighted by molar-refractivity contribution is 9.10. The number of benzene rings is 1. The summed E-state index contributed by atoms with van der Waals surface area (Å²) in [5, 5.41) is 5.86. The molecule has 144 valence electrons. The zero-order valence-corrected chi connectivity index (χ0v) is 18.4. The zero-order chi connectivity index (χ0) is 19.1. The van der Waals surface area contributed by atoms with Gasteiger partial charge in [-0.15, -0.1) is 11.3 Å². The summed E-state index contributed by atoms with van der Waals surface area (Å²) >= 11 is 11.1. The van der Waals surface area contributed by atoms with E-state index < -0.39 is 0 Å². The molecule has 1 aliphatic rings. The normalized spacial score (nSPS) is 15.3. The first-order valence-electron chi connectivity index (χ1n) is 9.48. The Bertz CT molecular complexity index is 1180. The van der Waals surface area contributed by atoms with Crippen LogP contribution in [-0.2, 0) is 0 Å². The summed E-state index contributed by atoms with van der Waals surface area (Å²) in [7, 11) is 0. The molecule has 0 saturated heterocycles. The van der Waals surface area contributed by atoms with Crippen LogP contribution >= 0.6 is 39.5 Å². The second-order valence-electron chi connectivity index (χ2n) is 7.20. The van der Waals surface area contributed by atoms with Gasteiger partial charge in [0.25, 0.3) is 0 Å². The van der Waals surface area contributed by atoms with E-state index in [4.69, 9.17) is 12.2 Å². The third-order valence-corrected chi connectivity index (χ3v) is 7.29. The Kier molecular flexibility index (Phi) is 4.86. The van der Waals surface area contributed by atoms with E-state index in [1.54, 1.807) is 17.7 Å². The lowest BCUT2D eigenvalue weighted by molar-refractivity contribution is 0.462. The van der Waals surface area contributed by atoms with E-state index in [1.165, 1.54) is 37.0 Å². The number of fused-ring (bicyclic) bond motifs is 1. The van der Waals surface area contributed by atoms with Gasteiger partial charge < -0.3 is 15.3 Å². The highest BCUT2D eigenvalue weighted by Gasteiger charge is 2.21. The van der Waals surface area contributed by atoms with Crippen molar-refractivity contribution in [1.29, 1.82) is 0 Å². The standard InChI is InChI=1S/C20H20BrN5S2/c21-12-8-17(28-10-12)18-19(24-13-4-2-1-3-5-13)25-20(27)26(18)14-6-7-15-16(9-14)23-11-22-15/h6-11,13,24H,1-5H2,(H,22,23)(H,25,27). The zero-order valence-electron chi connectivity index (χ0n) is 15.2. The highest BCUT2D eigenvalue weighted by Crippen LogP contribution is 2.38. The van der Waals surface area contributed by atoms with Gasteiger partial charge in [0.2, 0.25) is 0 Å². The van der Waals surface area contributed by atoms with Crippen LogP contribution in [0.3, 0.4) is 0 Å². The van der Waals surface area contributed by atoms with Crippen LogP contribution in [0, 0.1) is 4.77 Å². The number of aromatic nitrogens is 4. The molecule has 28 heavy (non-hydrogen) atoms. The molecule has 1 saturated carbocycles. The predicted octanol–water partition coefficient (Wildman–Crippen LogP) is 6.65. The Morgan fingerprint density at radius 1 is 1.21 bits per heavy atom. The molecule has 0 spiro atoms. The van der Waals surface area contributed by atoms with Crippen molar-refractivity contribution in [3.05, 3.63) is 45.2 Å². The lowest BCUT2D eigenvalue weighted by Gasteiger charge is -2.23. The molecule has 1 aromatic carbocycles. The first-order valence-corrected chi connectivity index (χ1v) is 11.6. The van der Waals surface area contributed by atoms with Gasteiger partial charge in [-0.05, 0) is 65.3 Å². The summed E-state index contributed by atoms with van der Waals surface area (Å²) in [5.41, 5.74) is 4.06. The molecule has 5 rings (SSSR count). The van der Waals surface area contributed by atoms with Gasteiger partial charge in [-0.25, -0.2) is 4.98 Å². The van der Waals surface area contributed by atoms with Crippen molar-refractivity contribution in [1.82, 2.24) is 19.5 Å². The van der Waals surface area contributed by atoms with Gasteiger partial charge >= 0.3 is 0 Å². The van der Waals surface area contributed by atoms with E-state index in [1.807, 2.05) is 6.07 Å². The summed E-state index contributed by atoms with van der Waals surface area (Å²) < 4.78 is 3.90. The Morgan fingerprint density at radius 2 is 2.07 bits per heavy atom. The van der Waals surface area contributed by atoms with E-state index in [0.717, 1.165) is 32.7 Å². The Balaban J connectivity index is 1.65. The van der Waals surface area contributed by atoms with Crippen molar-refractivity contribution in [3.63, 3.8) is 0 Å². The largest absolute Gasteiger partial charge is 0.367 e. The lowest BCUT2D eigenvalue weighted by Crippen LogP contribution is -2.22. The maximum atomic E-state index is 5.75. The maximum Gasteiger partial charge on any atom is 0.183 e. The van der Waals surface area contributed by atoms with E-state index in [0.29, 0.717) is 10.8 Å². The monoisotopic (exact) mass is 473 g/mol. The van der Waals surface area contributed by atoms with Crippen molar-refractivity contribution in [2.45, 2.75) is 38.1 Å². The van der Waals surface area contributed by atoms with Gasteiger partial charge in [0.15, 0.2) is 4.77 Å². The minimum absolute atomic E-state index is 0.493. The molecule has 3 N–H and O–H groups in total. The van der Waals surface area contributed by atoms with E-state index in [-0.39, 0.29) is 0 Å². The third kappa shape index (κ3) is 3.33. The highest BCUT2D eigenvalue weighted by atomic mass is 79.9. The maximum absolute atomic E-state index is 5.75. The number of halogens is 1. The van der Waals surface area contributed by atoms with Gasteiger partial charge in [-0.1, -0.05) is 19.3 Å². The number of hydrogen-bond acceptors (Lipinski definition) is 4. The Labute approximate surface area is 180 Å². The molecule has 0 radical (unpaired) electrons. The molecule has 0 unspecified atom stereocenters. The van der Waals surface area contributed by atoms with Gasteiger partial charge in [-0.3, -0.25) is 4.57 Å². The van der Waals surface area contributed by atoms with Gasteiger partial charge in [-0.2, -0.15) is 0 Å². The van der Waals surface area contributed by atoms with Crippen molar-refractivity contribution >= 4 is 56.3 Å². The molecule has 5 nitrogen and oxygen atoms in total. The fraction of sp³-hybridized carbons (Fsp3) is 0.300. The third-order valence-electron chi connectivity index (χ3n) is 5.31. The summed E-state index contributed by atoms with van der Waals surface area (Å²) in [5.74, 6) is 1.01. The number of nitrogens with zero attached hydrogens (tertiary/aromatic N) is 2. The molecule has 4 aromatic rings. The van der Waals surface area contributed by atoms with E-state index in [2.05, 4.69) is 64.3 Å². The van der Waals surface area contributed by atoms with Gasteiger partial charge in [0.05, 0.1) is 27.9 Å². The molecule has 0 bridgehead atoms. The molecule has 0 amide bonds. The van der Waals surface area contributed by atoms with Crippen LogP contribution in [0.25, 0.3) is 27.3 Å².